The first-order valence-corrected chi connectivity index (χ1v) is 10.3. The molecule has 0 saturated heterocycles. The van der Waals surface area contributed by atoms with E-state index in [1.807, 2.05) is 26.8 Å². The van der Waals surface area contributed by atoms with Gasteiger partial charge in [-0.15, -0.1) is 0 Å². The summed E-state index contributed by atoms with van der Waals surface area (Å²) in [7, 11) is 1.54. The Labute approximate surface area is 186 Å². The van der Waals surface area contributed by atoms with Gasteiger partial charge in [-0.2, -0.15) is 10.4 Å². The molecule has 3 rings (SSSR count). The monoisotopic (exact) mass is 434 g/mol. The molecule has 2 aromatic heterocycles. The summed E-state index contributed by atoms with van der Waals surface area (Å²) in [5, 5.41) is 16.2. The summed E-state index contributed by atoms with van der Waals surface area (Å²) < 4.78 is 6.88. The van der Waals surface area contributed by atoms with E-state index in [2.05, 4.69) is 21.5 Å². The lowest BCUT2D eigenvalue weighted by molar-refractivity contribution is -0.134. The first kappa shape index (κ1) is 22.7. The van der Waals surface area contributed by atoms with Crippen LogP contribution in [0.25, 0.3) is 5.65 Å². The highest BCUT2D eigenvalue weighted by Gasteiger charge is 2.19. The van der Waals surface area contributed by atoms with Crippen molar-refractivity contribution in [2.75, 3.05) is 25.5 Å². The molecule has 0 bridgehead atoms. The normalized spacial score (nSPS) is 10.6. The van der Waals surface area contributed by atoms with Gasteiger partial charge in [0.15, 0.2) is 5.65 Å². The van der Waals surface area contributed by atoms with Gasteiger partial charge in [-0.3, -0.25) is 9.59 Å². The predicted octanol–water partition coefficient (Wildman–Crippen LogP) is 2.65. The molecule has 2 amide bonds. The second-order valence-electron chi connectivity index (χ2n) is 7.32. The number of aromatic nitrogens is 3. The van der Waals surface area contributed by atoms with Crippen LogP contribution in [-0.4, -0.2) is 51.5 Å². The minimum absolute atomic E-state index is 0.0483. The molecule has 0 aliphatic rings. The number of nitrogens with one attached hydrogen (secondary N) is 1. The van der Waals surface area contributed by atoms with Gasteiger partial charge in [-0.05, 0) is 44.9 Å². The van der Waals surface area contributed by atoms with Crippen LogP contribution in [-0.2, 0) is 16.0 Å². The molecule has 0 radical (unpaired) electrons. The van der Waals surface area contributed by atoms with Gasteiger partial charge in [0.2, 0.25) is 11.8 Å². The molecule has 0 fully saturated rings. The second-order valence-corrected chi connectivity index (χ2v) is 7.32. The topological polar surface area (TPSA) is 113 Å². The Hall–Kier alpha value is -3.93. The fourth-order valence-electron chi connectivity index (χ4n) is 3.63. The third kappa shape index (κ3) is 4.70. The number of ether oxygens (including phenoxy) is 1. The zero-order chi connectivity index (χ0) is 23.3. The lowest BCUT2D eigenvalue weighted by Gasteiger charge is -2.21. The number of nitriles is 1. The van der Waals surface area contributed by atoms with E-state index in [-0.39, 0.29) is 24.8 Å². The van der Waals surface area contributed by atoms with Gasteiger partial charge in [0.1, 0.15) is 17.4 Å². The van der Waals surface area contributed by atoms with E-state index < -0.39 is 0 Å². The van der Waals surface area contributed by atoms with Crippen LogP contribution in [0.2, 0.25) is 0 Å². The van der Waals surface area contributed by atoms with E-state index >= 15 is 0 Å². The van der Waals surface area contributed by atoms with Crippen molar-refractivity contribution in [1.82, 2.24) is 19.5 Å². The first-order valence-electron chi connectivity index (χ1n) is 10.3. The molecule has 0 unspecified atom stereocenters. The first-order chi connectivity index (χ1) is 15.4. The van der Waals surface area contributed by atoms with E-state index in [0.717, 1.165) is 17.0 Å². The molecule has 2 heterocycles. The van der Waals surface area contributed by atoms with E-state index in [1.54, 1.807) is 22.7 Å². The Morgan fingerprint density at radius 1 is 1.28 bits per heavy atom. The number of anilines is 1. The van der Waals surface area contributed by atoms with Crippen LogP contribution in [0.3, 0.4) is 0 Å². The van der Waals surface area contributed by atoms with Crippen molar-refractivity contribution in [3.8, 4) is 11.8 Å². The Bertz CT molecular complexity index is 1190. The molecule has 0 spiro atoms. The van der Waals surface area contributed by atoms with Crippen molar-refractivity contribution in [3.63, 3.8) is 0 Å². The van der Waals surface area contributed by atoms with Gasteiger partial charge in [-0.1, -0.05) is 12.1 Å². The number of carbonyl (C=O) groups is 2. The maximum absolute atomic E-state index is 12.8. The summed E-state index contributed by atoms with van der Waals surface area (Å²) in [6, 6.07) is 9.21. The fourth-order valence-corrected chi connectivity index (χ4v) is 3.63. The summed E-state index contributed by atoms with van der Waals surface area (Å²) in [5.41, 5.74) is 4.01. The summed E-state index contributed by atoms with van der Waals surface area (Å²) >= 11 is 0. The lowest BCUT2D eigenvalue weighted by atomic mass is 10.1. The standard InChI is InChI=1S/C23H26N6O3/c1-5-28(14-21(30)27-19-8-6-7-9-20(19)32-4)22(31)11-10-18-15(2)26-23-17(12-24)13-25-29(23)16(18)3/h6-9,13H,5,10-11,14H2,1-4H3,(H,27,30). The van der Waals surface area contributed by atoms with Crippen LogP contribution in [0.1, 0.15) is 35.9 Å². The Kier molecular flexibility index (Phi) is 7.05. The molecule has 9 heteroatoms. The molecule has 166 valence electrons. The maximum atomic E-state index is 12.8. The Balaban J connectivity index is 1.67. The number of para-hydroxylation sites is 2. The van der Waals surface area contributed by atoms with Crippen molar-refractivity contribution in [3.05, 3.63) is 53.0 Å². The number of carbonyl (C=O) groups excluding carboxylic acids is 2. The van der Waals surface area contributed by atoms with Gasteiger partial charge >= 0.3 is 0 Å². The van der Waals surface area contributed by atoms with Crippen molar-refractivity contribution in [1.29, 1.82) is 5.26 Å². The number of benzene rings is 1. The molecule has 0 aliphatic carbocycles. The quantitative estimate of drug-likeness (QED) is 0.583. The highest BCUT2D eigenvalue weighted by Crippen LogP contribution is 2.23. The van der Waals surface area contributed by atoms with Crippen molar-refractivity contribution in [2.24, 2.45) is 0 Å². The SMILES string of the molecule is CCN(CC(=O)Nc1ccccc1OC)C(=O)CCc1c(C)nc2c(C#N)cnn2c1C. The van der Waals surface area contributed by atoms with Gasteiger partial charge in [0, 0.05) is 24.4 Å². The zero-order valence-electron chi connectivity index (χ0n) is 18.7. The number of likely N-dealkylation sites (N-methyl/N-ethyl adjacent to an activating group) is 1. The van der Waals surface area contributed by atoms with Gasteiger partial charge < -0.3 is 15.0 Å². The number of aryl methyl sites for hydroxylation is 2. The molecule has 1 N–H and O–H groups in total. The summed E-state index contributed by atoms with van der Waals surface area (Å²) in [5.74, 6) is 0.141. The molecular formula is C23H26N6O3. The molecule has 9 nitrogen and oxygen atoms in total. The Morgan fingerprint density at radius 2 is 2.03 bits per heavy atom. The lowest BCUT2D eigenvalue weighted by Crippen LogP contribution is -2.38. The molecule has 1 aromatic carbocycles. The van der Waals surface area contributed by atoms with E-state index in [1.165, 1.54) is 18.2 Å². The highest BCUT2D eigenvalue weighted by atomic mass is 16.5. The van der Waals surface area contributed by atoms with Crippen LogP contribution >= 0.6 is 0 Å². The van der Waals surface area contributed by atoms with Crippen molar-refractivity contribution >= 4 is 23.1 Å². The summed E-state index contributed by atoms with van der Waals surface area (Å²) in [4.78, 5) is 31.4. The molecule has 3 aromatic rings. The van der Waals surface area contributed by atoms with Gasteiger partial charge in [0.05, 0.1) is 25.5 Å². The fraction of sp³-hybridized carbons (Fsp3) is 0.348. The minimum atomic E-state index is -0.291. The third-order valence-corrected chi connectivity index (χ3v) is 5.37. The van der Waals surface area contributed by atoms with E-state index in [0.29, 0.717) is 35.6 Å². The maximum Gasteiger partial charge on any atom is 0.244 e. The molecule has 32 heavy (non-hydrogen) atoms. The summed E-state index contributed by atoms with van der Waals surface area (Å²) in [6.45, 7) is 5.96. The smallest absolute Gasteiger partial charge is 0.244 e. The van der Waals surface area contributed by atoms with E-state index in [9.17, 15) is 14.9 Å². The summed E-state index contributed by atoms with van der Waals surface area (Å²) in [6.07, 6.45) is 2.19. The van der Waals surface area contributed by atoms with Crippen LogP contribution in [0.5, 0.6) is 5.75 Å². The molecule has 0 aliphatic heterocycles. The van der Waals surface area contributed by atoms with Crippen LogP contribution < -0.4 is 10.1 Å². The number of hydrogen-bond donors (Lipinski definition) is 1. The second kappa shape index (κ2) is 9.92. The number of nitrogens with zero attached hydrogens (tertiary/aromatic N) is 5. The van der Waals surface area contributed by atoms with Crippen molar-refractivity contribution < 1.29 is 14.3 Å². The highest BCUT2D eigenvalue weighted by molar-refractivity contribution is 5.95. The number of rotatable bonds is 8. The van der Waals surface area contributed by atoms with Crippen molar-refractivity contribution in [2.45, 2.75) is 33.6 Å². The van der Waals surface area contributed by atoms with Gasteiger partial charge in [-0.25, -0.2) is 9.50 Å². The van der Waals surface area contributed by atoms with Crippen LogP contribution in [0, 0.1) is 25.2 Å². The zero-order valence-corrected chi connectivity index (χ0v) is 18.7. The number of fused-ring (bicyclic) bond motifs is 1. The number of methoxy groups -OCH3 is 1. The van der Waals surface area contributed by atoms with E-state index in [4.69, 9.17) is 4.74 Å². The minimum Gasteiger partial charge on any atom is -0.495 e. The van der Waals surface area contributed by atoms with Gasteiger partial charge in [0.25, 0.3) is 0 Å². The predicted molar refractivity (Wildman–Crippen MR) is 119 cm³/mol. The van der Waals surface area contributed by atoms with Crippen LogP contribution in [0.4, 0.5) is 5.69 Å². The largest absolute Gasteiger partial charge is 0.495 e. The number of hydrogen-bond acceptors (Lipinski definition) is 6. The number of amides is 2. The molecule has 0 saturated carbocycles. The van der Waals surface area contributed by atoms with Crippen LogP contribution in [0.15, 0.2) is 30.5 Å². The molecular weight excluding hydrogens is 408 g/mol. The average molecular weight is 435 g/mol. The Morgan fingerprint density at radius 3 is 2.72 bits per heavy atom. The molecule has 0 atom stereocenters. The third-order valence-electron chi connectivity index (χ3n) is 5.37. The average Bonchev–Trinajstić information content (AvgIpc) is 3.20.